The van der Waals surface area contributed by atoms with Gasteiger partial charge in [0.2, 0.25) is 17.6 Å². The number of hydrogen-bond acceptors (Lipinski definition) is 4. The average Bonchev–Trinajstić information content (AvgIpc) is 3.29. The monoisotopic (exact) mass is 432 g/mol. The highest BCUT2D eigenvalue weighted by atomic mass is 16.2. The predicted octanol–water partition coefficient (Wildman–Crippen LogP) is 1.22. The molecule has 1 aliphatic heterocycles. The molecule has 32 heavy (non-hydrogen) atoms. The Morgan fingerprint density at radius 3 is 2.31 bits per heavy atom. The van der Waals surface area contributed by atoms with Crippen molar-refractivity contribution in [2.24, 2.45) is 11.7 Å². The minimum absolute atomic E-state index is 0.137. The number of hydrogen-bond donors (Lipinski definition) is 1. The van der Waals surface area contributed by atoms with Gasteiger partial charge in [-0.2, -0.15) is 0 Å². The second-order valence-electron chi connectivity index (χ2n) is 8.19. The van der Waals surface area contributed by atoms with E-state index in [-0.39, 0.29) is 30.0 Å². The highest BCUT2D eigenvalue weighted by molar-refractivity contribution is 5.81. The maximum atomic E-state index is 13.2. The number of piperidine rings is 1. The molecule has 0 aliphatic carbocycles. The van der Waals surface area contributed by atoms with Crippen LogP contribution in [0.4, 0.5) is 0 Å². The molecule has 2 N–H and O–H groups in total. The highest BCUT2D eigenvalue weighted by Crippen LogP contribution is 2.20. The summed E-state index contributed by atoms with van der Waals surface area (Å²) in [6.45, 7) is 1.33. The van der Waals surface area contributed by atoms with Crippen LogP contribution in [0.25, 0.3) is 16.8 Å². The van der Waals surface area contributed by atoms with E-state index in [4.69, 9.17) is 5.73 Å². The Balaban J connectivity index is 1.47. The molecule has 9 heteroatoms. The van der Waals surface area contributed by atoms with Crippen molar-refractivity contribution in [2.45, 2.75) is 25.9 Å². The summed E-state index contributed by atoms with van der Waals surface area (Å²) in [4.78, 5) is 39.1. The summed E-state index contributed by atoms with van der Waals surface area (Å²) < 4.78 is 4.78. The number of likely N-dealkylation sites (tertiary alicyclic amines) is 1. The van der Waals surface area contributed by atoms with Gasteiger partial charge in [0.05, 0.1) is 17.6 Å². The molecule has 1 aliphatic rings. The van der Waals surface area contributed by atoms with Gasteiger partial charge in [0.15, 0.2) is 0 Å². The first-order chi connectivity index (χ1) is 15.5. The molecule has 0 saturated carbocycles. The van der Waals surface area contributed by atoms with Gasteiger partial charge in [-0.25, -0.2) is 13.9 Å². The molecule has 1 saturated heterocycles. The number of nitrogens with two attached hydrogens (primary N) is 1. The van der Waals surface area contributed by atoms with E-state index < -0.39 is 0 Å². The van der Waals surface area contributed by atoms with Gasteiger partial charge < -0.3 is 15.2 Å². The second-order valence-corrected chi connectivity index (χ2v) is 8.19. The molecule has 0 atom stereocenters. The van der Waals surface area contributed by atoms with Crippen molar-refractivity contribution in [2.75, 3.05) is 13.1 Å². The summed E-state index contributed by atoms with van der Waals surface area (Å²) in [5, 5.41) is 4.53. The molecule has 2 aromatic heterocycles. The van der Waals surface area contributed by atoms with Crippen LogP contribution < -0.4 is 11.4 Å². The van der Waals surface area contributed by atoms with Crippen LogP contribution in [0.1, 0.15) is 18.4 Å². The zero-order chi connectivity index (χ0) is 22.2. The molecule has 0 spiro atoms. The zero-order valence-corrected chi connectivity index (χ0v) is 17.6. The molecule has 164 valence electrons. The van der Waals surface area contributed by atoms with Gasteiger partial charge in [0.25, 0.3) is 0 Å². The molecular formula is C23H24N6O3. The van der Waals surface area contributed by atoms with Crippen LogP contribution in [0.5, 0.6) is 0 Å². The fraction of sp³-hybridized carbons (Fsp3) is 0.304. The van der Waals surface area contributed by atoms with Crippen molar-refractivity contribution in [1.29, 1.82) is 0 Å². The van der Waals surface area contributed by atoms with Crippen LogP contribution in [0.15, 0.2) is 59.4 Å². The molecule has 4 aromatic rings. The third kappa shape index (κ3) is 3.45. The van der Waals surface area contributed by atoms with Gasteiger partial charge >= 0.3 is 5.69 Å². The summed E-state index contributed by atoms with van der Waals surface area (Å²) in [6, 6.07) is 17.6. The van der Waals surface area contributed by atoms with Crippen LogP contribution >= 0.6 is 0 Å². The number of fused-ring (bicyclic) bond motifs is 3. The van der Waals surface area contributed by atoms with Crippen LogP contribution in [-0.2, 0) is 22.7 Å². The van der Waals surface area contributed by atoms with E-state index in [0.29, 0.717) is 38.3 Å². The van der Waals surface area contributed by atoms with Crippen molar-refractivity contribution in [3.05, 3.63) is 70.6 Å². The summed E-state index contributed by atoms with van der Waals surface area (Å²) >= 11 is 0. The van der Waals surface area contributed by atoms with Crippen LogP contribution in [0.2, 0.25) is 0 Å². The number of carbonyl (C=O) groups is 2. The maximum Gasteiger partial charge on any atom is 0.352 e. The van der Waals surface area contributed by atoms with Crippen molar-refractivity contribution >= 4 is 28.6 Å². The summed E-state index contributed by atoms with van der Waals surface area (Å²) in [5.74, 6) is -0.202. The van der Waals surface area contributed by atoms with Crippen molar-refractivity contribution in [1.82, 2.24) is 23.6 Å². The lowest BCUT2D eigenvalue weighted by Crippen LogP contribution is -2.44. The summed E-state index contributed by atoms with van der Waals surface area (Å²) in [7, 11) is 0. The van der Waals surface area contributed by atoms with Gasteiger partial charge in [-0.05, 0) is 30.5 Å². The maximum absolute atomic E-state index is 13.2. The van der Waals surface area contributed by atoms with Crippen LogP contribution in [0.3, 0.4) is 0 Å². The number of rotatable bonds is 5. The van der Waals surface area contributed by atoms with Crippen LogP contribution in [-0.4, -0.2) is 48.6 Å². The smallest absolute Gasteiger partial charge is 0.352 e. The highest BCUT2D eigenvalue weighted by Gasteiger charge is 2.27. The average molecular weight is 432 g/mol. The van der Waals surface area contributed by atoms with Gasteiger partial charge in [0.1, 0.15) is 6.54 Å². The Morgan fingerprint density at radius 1 is 0.969 bits per heavy atom. The Morgan fingerprint density at radius 2 is 1.62 bits per heavy atom. The molecule has 9 nitrogen and oxygen atoms in total. The number of aromatic nitrogens is 4. The first-order valence-electron chi connectivity index (χ1n) is 10.7. The number of carbonyl (C=O) groups excluding carboxylic acids is 2. The number of nitrogens with zero attached hydrogens (tertiary/aromatic N) is 5. The Kier molecular flexibility index (Phi) is 5.01. The number of amides is 2. The van der Waals surface area contributed by atoms with E-state index in [0.717, 1.165) is 16.6 Å². The van der Waals surface area contributed by atoms with Crippen LogP contribution in [0, 0.1) is 5.92 Å². The fourth-order valence-electron chi connectivity index (χ4n) is 4.44. The fourth-order valence-corrected chi connectivity index (χ4v) is 4.44. The van der Waals surface area contributed by atoms with Crippen molar-refractivity contribution < 1.29 is 9.59 Å². The van der Waals surface area contributed by atoms with Gasteiger partial charge in [0, 0.05) is 19.0 Å². The predicted molar refractivity (Wildman–Crippen MR) is 119 cm³/mol. The minimum Gasteiger partial charge on any atom is -0.369 e. The van der Waals surface area contributed by atoms with E-state index in [1.165, 1.54) is 4.68 Å². The lowest BCUT2D eigenvalue weighted by molar-refractivity contribution is -0.135. The molecule has 2 aromatic carbocycles. The number of imidazole rings is 1. The second kappa shape index (κ2) is 7.99. The quantitative estimate of drug-likeness (QED) is 0.512. The van der Waals surface area contributed by atoms with E-state index in [1.54, 1.807) is 9.30 Å². The SMILES string of the molecule is NC(=O)C1CCN(C(=O)Cn2nc3n(Cc4ccccc4)c4ccccc4n3c2=O)CC1. The first kappa shape index (κ1) is 20.0. The molecule has 5 rings (SSSR count). The van der Waals surface area contributed by atoms with E-state index in [9.17, 15) is 14.4 Å². The lowest BCUT2D eigenvalue weighted by Gasteiger charge is -2.30. The molecule has 3 heterocycles. The van der Waals surface area contributed by atoms with Crippen molar-refractivity contribution in [3.63, 3.8) is 0 Å². The molecule has 1 fully saturated rings. The largest absolute Gasteiger partial charge is 0.369 e. The minimum atomic E-state index is -0.344. The molecule has 0 radical (unpaired) electrons. The van der Waals surface area contributed by atoms with E-state index in [2.05, 4.69) is 5.10 Å². The van der Waals surface area contributed by atoms with Gasteiger partial charge in [-0.1, -0.05) is 42.5 Å². The molecule has 0 bridgehead atoms. The Labute approximate surface area is 183 Å². The molecule has 0 unspecified atom stereocenters. The van der Waals surface area contributed by atoms with E-state index >= 15 is 0 Å². The Bertz CT molecular complexity index is 1360. The standard InChI is InChI=1S/C23H24N6O3/c24-21(31)17-10-12-26(13-11-17)20(30)15-28-23(32)29-19-9-5-4-8-18(19)27(22(29)25-28)14-16-6-2-1-3-7-16/h1-9,17H,10-15H2,(H2,24,31). The van der Waals surface area contributed by atoms with Crippen molar-refractivity contribution in [3.8, 4) is 0 Å². The normalized spacial score (nSPS) is 14.9. The van der Waals surface area contributed by atoms with Gasteiger partial charge in [-0.3, -0.25) is 9.59 Å². The van der Waals surface area contributed by atoms with Gasteiger partial charge in [-0.15, -0.1) is 5.10 Å². The van der Waals surface area contributed by atoms with E-state index in [1.807, 2.05) is 59.2 Å². The molecular weight excluding hydrogens is 408 g/mol. The summed E-state index contributed by atoms with van der Waals surface area (Å²) in [5.41, 5.74) is 7.78. The zero-order valence-electron chi connectivity index (χ0n) is 17.6. The third-order valence-electron chi connectivity index (χ3n) is 6.20. The Hall–Kier alpha value is -3.88. The first-order valence-corrected chi connectivity index (χ1v) is 10.7. The number of primary amides is 1. The summed E-state index contributed by atoms with van der Waals surface area (Å²) in [6.07, 6.45) is 1.10. The number of benzene rings is 2. The number of para-hydroxylation sites is 2. The topological polar surface area (TPSA) is 108 Å². The molecule has 2 amide bonds. The third-order valence-corrected chi connectivity index (χ3v) is 6.20. The lowest BCUT2D eigenvalue weighted by atomic mass is 9.96.